The summed E-state index contributed by atoms with van der Waals surface area (Å²) in [7, 11) is 0. The van der Waals surface area contributed by atoms with Gasteiger partial charge < -0.3 is 15.0 Å². The van der Waals surface area contributed by atoms with Crippen LogP contribution in [0.5, 0.6) is 0 Å². The number of halogens is 1. The molecular weight excluding hydrogens is 410 g/mol. The van der Waals surface area contributed by atoms with E-state index in [9.17, 15) is 9.59 Å². The Labute approximate surface area is 180 Å². The van der Waals surface area contributed by atoms with Crippen LogP contribution < -0.4 is 5.32 Å². The highest BCUT2D eigenvalue weighted by Gasteiger charge is 2.34. The second-order valence-electron chi connectivity index (χ2n) is 8.34. The molecule has 2 heterocycles. The molecule has 8 heteroatoms. The van der Waals surface area contributed by atoms with E-state index in [2.05, 4.69) is 10.3 Å². The summed E-state index contributed by atoms with van der Waals surface area (Å²) in [4.78, 5) is 31.2. The van der Waals surface area contributed by atoms with E-state index >= 15 is 0 Å². The molecular formula is C21H26ClN3O3S. The molecule has 0 aliphatic carbocycles. The third-order valence-electron chi connectivity index (χ3n) is 4.67. The summed E-state index contributed by atoms with van der Waals surface area (Å²) in [5.41, 5.74) is 0.862. The van der Waals surface area contributed by atoms with E-state index in [4.69, 9.17) is 16.3 Å². The molecule has 1 aromatic carbocycles. The number of carbonyl (C=O) groups is 2. The molecule has 0 spiro atoms. The Hall–Kier alpha value is -2.12. The fraction of sp³-hybridized carbons (Fsp3) is 0.476. The average molecular weight is 436 g/mol. The predicted molar refractivity (Wildman–Crippen MR) is 115 cm³/mol. The highest BCUT2D eigenvalue weighted by Crippen LogP contribution is 2.28. The number of carbonyl (C=O) groups excluding carboxylic acids is 2. The van der Waals surface area contributed by atoms with Crippen molar-refractivity contribution in [1.82, 2.24) is 15.2 Å². The number of aromatic nitrogens is 1. The maximum Gasteiger partial charge on any atom is 0.407 e. The lowest BCUT2D eigenvalue weighted by Gasteiger charge is -2.21. The lowest BCUT2D eigenvalue weighted by Crippen LogP contribution is -2.37. The number of nitrogens with one attached hydrogen (secondary N) is 1. The highest BCUT2D eigenvalue weighted by molar-refractivity contribution is 7.13. The van der Waals surface area contributed by atoms with Crippen molar-refractivity contribution < 1.29 is 14.3 Å². The fourth-order valence-electron chi connectivity index (χ4n) is 3.36. The molecule has 6 nitrogen and oxygen atoms in total. The number of nitrogens with zero attached hydrogens (tertiary/aromatic N) is 2. The molecule has 156 valence electrons. The summed E-state index contributed by atoms with van der Waals surface area (Å²) in [6, 6.07) is 7.50. The Bertz CT molecular complexity index is 876. The van der Waals surface area contributed by atoms with E-state index < -0.39 is 11.7 Å². The van der Waals surface area contributed by atoms with Crippen LogP contribution in [0.4, 0.5) is 4.79 Å². The van der Waals surface area contributed by atoms with Gasteiger partial charge in [0.25, 0.3) is 5.91 Å². The maximum atomic E-state index is 13.0. The lowest BCUT2D eigenvalue weighted by atomic mass is 10.1. The van der Waals surface area contributed by atoms with Crippen molar-refractivity contribution in [2.75, 3.05) is 13.1 Å². The standard InChI is InChI=1S/C21H26ClN3O3S/c1-13-9-14(10-23-20(27)28-21(2,3)4)11-25(13)19(26)17-12-29-18(24-17)15-5-7-16(22)8-6-15/h5-8,12-14H,9-11H2,1-4H3,(H,23,27)/t13-,14+/m1/s1. The van der Waals surface area contributed by atoms with Gasteiger partial charge >= 0.3 is 6.09 Å². The van der Waals surface area contributed by atoms with Gasteiger partial charge in [0.2, 0.25) is 0 Å². The van der Waals surface area contributed by atoms with Gasteiger partial charge in [0.05, 0.1) is 0 Å². The largest absolute Gasteiger partial charge is 0.444 e. The SMILES string of the molecule is C[C@@H]1C[C@@H](CNC(=O)OC(C)(C)C)CN1C(=O)c1csc(-c2ccc(Cl)cc2)n1. The molecule has 1 fully saturated rings. The molecule has 3 rings (SSSR count). The molecule has 0 unspecified atom stereocenters. The number of amides is 2. The summed E-state index contributed by atoms with van der Waals surface area (Å²) in [5, 5.41) is 6.06. The maximum absolute atomic E-state index is 13.0. The average Bonchev–Trinajstić information content (AvgIpc) is 3.26. The second-order valence-corrected chi connectivity index (χ2v) is 9.63. The van der Waals surface area contributed by atoms with Gasteiger partial charge in [-0.3, -0.25) is 4.79 Å². The smallest absolute Gasteiger partial charge is 0.407 e. The predicted octanol–water partition coefficient (Wildman–Crippen LogP) is 4.84. The molecule has 1 aromatic heterocycles. The minimum atomic E-state index is -0.526. The summed E-state index contributed by atoms with van der Waals surface area (Å²) < 4.78 is 5.27. The van der Waals surface area contributed by atoms with Gasteiger partial charge in [-0.05, 0) is 52.2 Å². The number of benzene rings is 1. The molecule has 1 aliphatic rings. The third-order valence-corrected chi connectivity index (χ3v) is 5.81. The number of hydrogen-bond donors (Lipinski definition) is 1. The first-order valence-corrected chi connectivity index (χ1v) is 10.9. The fourth-order valence-corrected chi connectivity index (χ4v) is 4.29. The van der Waals surface area contributed by atoms with E-state index in [1.807, 2.05) is 56.9 Å². The van der Waals surface area contributed by atoms with Crippen molar-refractivity contribution in [2.24, 2.45) is 5.92 Å². The summed E-state index contributed by atoms with van der Waals surface area (Å²) in [6.07, 6.45) is 0.400. The van der Waals surface area contributed by atoms with E-state index in [-0.39, 0.29) is 17.9 Å². The zero-order valence-corrected chi connectivity index (χ0v) is 18.6. The van der Waals surface area contributed by atoms with Gasteiger partial charge in [0.15, 0.2) is 0 Å². The van der Waals surface area contributed by atoms with E-state index in [0.29, 0.717) is 23.8 Å². The monoisotopic (exact) mass is 435 g/mol. The normalized spacial score (nSPS) is 19.3. The summed E-state index contributed by atoms with van der Waals surface area (Å²) in [6.45, 7) is 8.59. The zero-order chi connectivity index (χ0) is 21.2. The van der Waals surface area contributed by atoms with Crippen LogP contribution in [0.25, 0.3) is 10.6 Å². The Morgan fingerprint density at radius 1 is 1.31 bits per heavy atom. The van der Waals surface area contributed by atoms with Gasteiger partial charge in [-0.25, -0.2) is 9.78 Å². The van der Waals surface area contributed by atoms with Crippen LogP contribution in [0.1, 0.15) is 44.6 Å². The number of rotatable bonds is 4. The molecule has 0 saturated carbocycles. The van der Waals surface area contributed by atoms with Crippen molar-refractivity contribution in [3.05, 3.63) is 40.4 Å². The van der Waals surface area contributed by atoms with Crippen LogP contribution in [-0.2, 0) is 4.74 Å². The molecule has 2 atom stereocenters. The molecule has 1 N–H and O–H groups in total. The van der Waals surface area contributed by atoms with E-state index in [1.165, 1.54) is 11.3 Å². The minimum Gasteiger partial charge on any atom is -0.444 e. The van der Waals surface area contributed by atoms with Crippen molar-refractivity contribution >= 4 is 34.9 Å². The van der Waals surface area contributed by atoms with Crippen LogP contribution in [0.2, 0.25) is 5.02 Å². The van der Waals surface area contributed by atoms with Crippen LogP contribution >= 0.6 is 22.9 Å². The van der Waals surface area contributed by atoms with Gasteiger partial charge in [0, 0.05) is 35.1 Å². The van der Waals surface area contributed by atoms with Gasteiger partial charge in [-0.15, -0.1) is 11.3 Å². The Balaban J connectivity index is 1.59. The lowest BCUT2D eigenvalue weighted by molar-refractivity contribution is 0.0520. The molecule has 2 amide bonds. The van der Waals surface area contributed by atoms with Gasteiger partial charge in [0.1, 0.15) is 16.3 Å². The van der Waals surface area contributed by atoms with Crippen molar-refractivity contribution in [2.45, 2.75) is 45.8 Å². The van der Waals surface area contributed by atoms with Crippen LogP contribution in [0.15, 0.2) is 29.6 Å². The van der Waals surface area contributed by atoms with E-state index in [0.717, 1.165) is 17.0 Å². The third kappa shape index (κ3) is 5.70. The highest BCUT2D eigenvalue weighted by atomic mass is 35.5. The van der Waals surface area contributed by atoms with Gasteiger partial charge in [-0.1, -0.05) is 23.7 Å². The first-order valence-electron chi connectivity index (χ1n) is 9.61. The molecule has 29 heavy (non-hydrogen) atoms. The molecule has 1 aliphatic heterocycles. The van der Waals surface area contributed by atoms with Crippen LogP contribution in [0.3, 0.4) is 0 Å². The quantitative estimate of drug-likeness (QED) is 0.745. The van der Waals surface area contributed by atoms with Crippen molar-refractivity contribution in [1.29, 1.82) is 0 Å². The molecule has 2 aromatic rings. The first kappa shape index (κ1) is 21.6. The van der Waals surface area contributed by atoms with Crippen molar-refractivity contribution in [3.8, 4) is 10.6 Å². The number of alkyl carbamates (subject to hydrolysis) is 1. The first-order chi connectivity index (χ1) is 13.6. The molecule has 1 saturated heterocycles. The van der Waals surface area contributed by atoms with Crippen LogP contribution in [0, 0.1) is 5.92 Å². The number of hydrogen-bond acceptors (Lipinski definition) is 5. The Morgan fingerprint density at radius 2 is 2.00 bits per heavy atom. The number of thiazole rings is 1. The minimum absolute atomic E-state index is 0.0752. The molecule has 0 bridgehead atoms. The second kappa shape index (κ2) is 8.71. The van der Waals surface area contributed by atoms with Crippen molar-refractivity contribution in [3.63, 3.8) is 0 Å². The number of likely N-dealkylation sites (tertiary alicyclic amines) is 1. The Morgan fingerprint density at radius 3 is 2.66 bits per heavy atom. The summed E-state index contributed by atoms with van der Waals surface area (Å²) in [5.74, 6) is 0.115. The topological polar surface area (TPSA) is 71.5 Å². The summed E-state index contributed by atoms with van der Waals surface area (Å²) >= 11 is 7.38. The van der Waals surface area contributed by atoms with Gasteiger partial charge in [-0.2, -0.15) is 0 Å². The Kier molecular flexibility index (Phi) is 6.49. The van der Waals surface area contributed by atoms with E-state index in [1.54, 1.807) is 5.38 Å². The van der Waals surface area contributed by atoms with Crippen LogP contribution in [-0.4, -0.2) is 46.6 Å². The molecule has 0 radical (unpaired) electrons. The zero-order valence-electron chi connectivity index (χ0n) is 17.1. The number of ether oxygens (including phenoxy) is 1.